The second kappa shape index (κ2) is 10.8. The number of nitroso groups, excluding NO2 is 1. The van der Waals surface area contributed by atoms with Crippen LogP contribution in [-0.4, -0.2) is 61.4 Å². The topological polar surface area (TPSA) is 101 Å². The first-order valence-electron chi connectivity index (χ1n) is 11.9. The third-order valence-corrected chi connectivity index (χ3v) is 6.36. The van der Waals surface area contributed by atoms with Gasteiger partial charge in [-0.1, -0.05) is 11.3 Å². The molecule has 2 aliphatic rings. The highest BCUT2D eigenvalue weighted by Crippen LogP contribution is 2.32. The van der Waals surface area contributed by atoms with Gasteiger partial charge in [0.15, 0.2) is 0 Å². The fourth-order valence-corrected chi connectivity index (χ4v) is 4.44. The van der Waals surface area contributed by atoms with Crippen molar-refractivity contribution in [2.75, 3.05) is 44.4 Å². The van der Waals surface area contributed by atoms with Crippen LogP contribution in [0.15, 0.2) is 59.1 Å². The number of hydrogen-bond acceptors (Lipinski definition) is 9. The average Bonchev–Trinajstić information content (AvgIpc) is 2.91. The van der Waals surface area contributed by atoms with E-state index in [1.165, 1.54) is 6.33 Å². The van der Waals surface area contributed by atoms with E-state index in [0.717, 1.165) is 40.8 Å². The summed E-state index contributed by atoms with van der Waals surface area (Å²) in [5.41, 5.74) is 7.73. The first-order valence-corrected chi connectivity index (χ1v) is 11.9. The van der Waals surface area contributed by atoms with Gasteiger partial charge in [-0.3, -0.25) is 5.43 Å². The van der Waals surface area contributed by atoms with Gasteiger partial charge in [0.05, 0.1) is 30.5 Å². The van der Waals surface area contributed by atoms with Gasteiger partial charge in [0.1, 0.15) is 25.3 Å². The molecule has 186 valence electrons. The number of halogens is 1. The van der Waals surface area contributed by atoms with Gasteiger partial charge in [0.25, 0.3) is 0 Å². The molecule has 3 aromatic rings. The molecule has 2 aromatic carbocycles. The first kappa shape index (κ1) is 23.8. The molecule has 5 rings (SSSR count). The summed E-state index contributed by atoms with van der Waals surface area (Å²) < 4.78 is 26.0. The maximum absolute atomic E-state index is 15.2. The van der Waals surface area contributed by atoms with Gasteiger partial charge in [-0.15, -0.1) is 5.10 Å². The van der Waals surface area contributed by atoms with Crippen LogP contribution in [0.5, 0.6) is 0 Å². The lowest BCUT2D eigenvalue weighted by molar-refractivity contribution is 0.122. The highest BCUT2D eigenvalue weighted by Gasteiger charge is 2.18. The molecule has 0 radical (unpaired) electrons. The normalized spacial score (nSPS) is 17.6. The lowest BCUT2D eigenvalue weighted by Crippen LogP contribution is -2.36. The molecule has 36 heavy (non-hydrogen) atoms. The SMILES string of the molecule is Cc1cc(F)c(-c2ncnc3cc(N4CCOCC4)ccc23)cc1CC1C=CC(OCCN=O)=NN1. The van der Waals surface area contributed by atoms with E-state index in [4.69, 9.17) is 9.47 Å². The Balaban J connectivity index is 1.39. The average molecular weight is 491 g/mol. The van der Waals surface area contributed by atoms with Crippen molar-refractivity contribution in [1.82, 2.24) is 15.4 Å². The van der Waals surface area contributed by atoms with Crippen molar-refractivity contribution in [3.63, 3.8) is 0 Å². The van der Waals surface area contributed by atoms with Gasteiger partial charge in [0.2, 0.25) is 5.90 Å². The van der Waals surface area contributed by atoms with Crippen molar-refractivity contribution in [1.29, 1.82) is 0 Å². The van der Waals surface area contributed by atoms with Crippen molar-refractivity contribution in [2.24, 2.45) is 10.3 Å². The zero-order chi connectivity index (χ0) is 24.9. The van der Waals surface area contributed by atoms with Gasteiger partial charge in [-0.05, 0) is 60.9 Å². The molecule has 0 amide bonds. The fourth-order valence-electron chi connectivity index (χ4n) is 4.44. The molecule has 2 aliphatic heterocycles. The Bertz CT molecular complexity index is 1320. The highest BCUT2D eigenvalue weighted by atomic mass is 19.1. The van der Waals surface area contributed by atoms with Crippen LogP contribution in [0.4, 0.5) is 10.1 Å². The molecule has 0 saturated carbocycles. The number of nitrogens with zero attached hydrogens (tertiary/aromatic N) is 5. The number of anilines is 1. The van der Waals surface area contributed by atoms with Crippen LogP contribution in [-0.2, 0) is 15.9 Å². The van der Waals surface area contributed by atoms with E-state index >= 15 is 4.39 Å². The Morgan fingerprint density at radius 3 is 2.86 bits per heavy atom. The van der Waals surface area contributed by atoms with Crippen LogP contribution in [0, 0.1) is 17.6 Å². The Kier molecular flexibility index (Phi) is 7.13. The Morgan fingerprint density at radius 1 is 1.22 bits per heavy atom. The number of ether oxygens (including phenoxy) is 2. The smallest absolute Gasteiger partial charge is 0.230 e. The van der Waals surface area contributed by atoms with Crippen molar-refractivity contribution in [2.45, 2.75) is 19.4 Å². The summed E-state index contributed by atoms with van der Waals surface area (Å²) in [6, 6.07) is 9.36. The number of morpholine rings is 1. The zero-order valence-electron chi connectivity index (χ0n) is 20.0. The number of hydrazone groups is 1. The molecule has 1 saturated heterocycles. The first-order chi connectivity index (χ1) is 17.6. The van der Waals surface area contributed by atoms with E-state index in [2.05, 4.69) is 30.6 Å². The summed E-state index contributed by atoms with van der Waals surface area (Å²) >= 11 is 0. The quantitative estimate of drug-likeness (QED) is 0.398. The van der Waals surface area contributed by atoms with Crippen LogP contribution in [0.3, 0.4) is 0 Å². The second-order valence-electron chi connectivity index (χ2n) is 8.73. The molecule has 0 bridgehead atoms. The van der Waals surface area contributed by atoms with Crippen molar-refractivity contribution in [3.8, 4) is 11.3 Å². The van der Waals surface area contributed by atoms with Crippen molar-refractivity contribution < 1.29 is 13.9 Å². The van der Waals surface area contributed by atoms with Gasteiger partial charge >= 0.3 is 0 Å². The third-order valence-electron chi connectivity index (χ3n) is 6.36. The van der Waals surface area contributed by atoms with Crippen LogP contribution in [0.1, 0.15) is 11.1 Å². The number of nitrogens with one attached hydrogen (secondary N) is 1. The molecule has 1 aromatic heterocycles. The number of benzene rings is 2. The molecular formula is C26H27FN6O3. The van der Waals surface area contributed by atoms with E-state index < -0.39 is 0 Å². The lowest BCUT2D eigenvalue weighted by atomic mass is 9.95. The van der Waals surface area contributed by atoms with Crippen LogP contribution in [0.25, 0.3) is 22.2 Å². The molecule has 0 spiro atoms. The van der Waals surface area contributed by atoms with E-state index in [0.29, 0.717) is 36.8 Å². The molecule has 1 unspecified atom stereocenters. The predicted molar refractivity (Wildman–Crippen MR) is 137 cm³/mol. The maximum atomic E-state index is 15.2. The summed E-state index contributed by atoms with van der Waals surface area (Å²) in [5, 5.41) is 7.77. The zero-order valence-corrected chi connectivity index (χ0v) is 20.0. The van der Waals surface area contributed by atoms with Crippen LogP contribution >= 0.6 is 0 Å². The molecule has 3 heterocycles. The molecular weight excluding hydrogens is 463 g/mol. The highest BCUT2D eigenvalue weighted by molar-refractivity contribution is 5.94. The molecule has 1 N–H and O–H groups in total. The number of aromatic nitrogens is 2. The minimum absolute atomic E-state index is 0.0695. The predicted octanol–water partition coefficient (Wildman–Crippen LogP) is 3.75. The molecule has 1 fully saturated rings. The third kappa shape index (κ3) is 5.18. The Labute approximate surface area is 208 Å². The Hall–Kier alpha value is -3.92. The minimum Gasteiger partial charge on any atom is -0.475 e. The van der Waals surface area contributed by atoms with Crippen molar-refractivity contribution >= 4 is 22.5 Å². The van der Waals surface area contributed by atoms with E-state index in [-0.39, 0.29) is 25.0 Å². The maximum Gasteiger partial charge on any atom is 0.230 e. The molecule has 0 aliphatic carbocycles. The molecule has 1 atom stereocenters. The fraction of sp³-hybridized carbons (Fsp3) is 0.346. The standard InChI is InChI=1S/C26H27FN6O3/c1-17-12-23(27)22(14-18(17)13-19-2-5-25(32-31-19)36-9-6-30-34)26-21-4-3-20(15-24(21)28-16-29-26)33-7-10-35-11-8-33/h2-5,12,14-16,19,31H,6-11,13H2,1H3. The van der Waals surface area contributed by atoms with E-state index in [1.54, 1.807) is 12.1 Å². The number of aryl methyl sites for hydroxylation is 1. The van der Waals surface area contributed by atoms with Crippen molar-refractivity contribution in [3.05, 3.63) is 70.7 Å². The van der Waals surface area contributed by atoms with Crippen LogP contribution < -0.4 is 10.3 Å². The number of fused-ring (bicyclic) bond motifs is 1. The second-order valence-corrected chi connectivity index (χ2v) is 8.73. The van der Waals surface area contributed by atoms with Gasteiger partial charge in [-0.25, -0.2) is 14.4 Å². The summed E-state index contributed by atoms with van der Waals surface area (Å²) in [6.07, 6.45) is 5.79. The molecule has 10 heteroatoms. The summed E-state index contributed by atoms with van der Waals surface area (Å²) in [6.45, 7) is 5.21. The van der Waals surface area contributed by atoms with Gasteiger partial charge in [0, 0.05) is 29.7 Å². The Morgan fingerprint density at radius 2 is 2.08 bits per heavy atom. The summed E-state index contributed by atoms with van der Waals surface area (Å²) in [4.78, 5) is 21.4. The minimum atomic E-state index is -0.321. The summed E-state index contributed by atoms with van der Waals surface area (Å²) in [5.74, 6) is 0.0773. The number of hydrogen-bond donors (Lipinski definition) is 1. The largest absolute Gasteiger partial charge is 0.475 e. The van der Waals surface area contributed by atoms with Gasteiger partial charge < -0.3 is 14.4 Å². The van der Waals surface area contributed by atoms with E-state index in [1.807, 2.05) is 37.3 Å². The lowest BCUT2D eigenvalue weighted by Gasteiger charge is -2.29. The molecule has 9 nitrogen and oxygen atoms in total. The number of rotatable bonds is 7. The van der Waals surface area contributed by atoms with Gasteiger partial charge in [-0.2, -0.15) is 4.91 Å². The van der Waals surface area contributed by atoms with E-state index in [9.17, 15) is 4.91 Å². The monoisotopic (exact) mass is 490 g/mol. The van der Waals surface area contributed by atoms with Crippen LogP contribution in [0.2, 0.25) is 0 Å². The summed E-state index contributed by atoms with van der Waals surface area (Å²) in [7, 11) is 0.